The maximum atomic E-state index is 12.4. The average Bonchev–Trinajstić information content (AvgIpc) is 2.77. The predicted octanol–water partition coefficient (Wildman–Crippen LogP) is 6.35. The third-order valence-corrected chi connectivity index (χ3v) is 5.15. The van der Waals surface area contributed by atoms with Crippen LogP contribution in [0.3, 0.4) is 0 Å². The summed E-state index contributed by atoms with van der Waals surface area (Å²) >= 11 is 9.53. The van der Waals surface area contributed by atoms with Crippen LogP contribution < -0.4 is 19.5 Å². The standard InChI is InChI=1S/C24H21BrClNO4/c1-29-21-10-9-18(26)14-20(21)27-23(28)11-8-17-12-19(25)24(22(13-17)30-2)31-15-16-6-4-3-5-7-16/h3-14H,15H2,1-2H3,(H,27,28)/b11-8+. The van der Waals surface area contributed by atoms with Gasteiger partial charge in [-0.05, 0) is 63.5 Å². The molecule has 0 saturated carbocycles. The molecule has 5 nitrogen and oxygen atoms in total. The highest BCUT2D eigenvalue weighted by Crippen LogP contribution is 2.37. The van der Waals surface area contributed by atoms with Crippen molar-refractivity contribution in [2.75, 3.05) is 19.5 Å². The zero-order chi connectivity index (χ0) is 22.2. The van der Waals surface area contributed by atoms with E-state index in [-0.39, 0.29) is 5.91 Å². The first-order chi connectivity index (χ1) is 15.0. The molecule has 0 fully saturated rings. The molecular weight excluding hydrogens is 482 g/mol. The molecule has 1 N–H and O–H groups in total. The van der Waals surface area contributed by atoms with Crippen molar-refractivity contribution in [3.05, 3.63) is 87.4 Å². The van der Waals surface area contributed by atoms with Crippen molar-refractivity contribution in [1.82, 2.24) is 0 Å². The fraction of sp³-hybridized carbons (Fsp3) is 0.125. The summed E-state index contributed by atoms with van der Waals surface area (Å²) in [6.07, 6.45) is 3.10. The highest BCUT2D eigenvalue weighted by molar-refractivity contribution is 9.10. The lowest BCUT2D eigenvalue weighted by atomic mass is 10.2. The number of rotatable bonds is 8. The monoisotopic (exact) mass is 501 g/mol. The van der Waals surface area contributed by atoms with Gasteiger partial charge in [-0.15, -0.1) is 0 Å². The first-order valence-electron chi connectivity index (χ1n) is 9.37. The van der Waals surface area contributed by atoms with E-state index in [4.69, 9.17) is 25.8 Å². The second-order valence-electron chi connectivity index (χ2n) is 6.48. The van der Waals surface area contributed by atoms with Gasteiger partial charge in [0, 0.05) is 11.1 Å². The van der Waals surface area contributed by atoms with Crippen LogP contribution >= 0.6 is 27.5 Å². The maximum absolute atomic E-state index is 12.4. The molecule has 0 aromatic heterocycles. The summed E-state index contributed by atoms with van der Waals surface area (Å²) in [4.78, 5) is 12.4. The van der Waals surface area contributed by atoms with Gasteiger partial charge >= 0.3 is 0 Å². The summed E-state index contributed by atoms with van der Waals surface area (Å²) in [5.41, 5.74) is 2.31. The number of halogens is 2. The normalized spacial score (nSPS) is 10.7. The third-order valence-electron chi connectivity index (χ3n) is 4.32. The molecule has 0 atom stereocenters. The molecule has 160 valence electrons. The fourth-order valence-corrected chi connectivity index (χ4v) is 3.58. The zero-order valence-electron chi connectivity index (χ0n) is 17.0. The Bertz CT molecular complexity index is 1090. The molecule has 31 heavy (non-hydrogen) atoms. The molecule has 3 aromatic rings. The van der Waals surface area contributed by atoms with Gasteiger partial charge in [0.2, 0.25) is 5.91 Å². The molecule has 1 amide bonds. The predicted molar refractivity (Wildman–Crippen MR) is 127 cm³/mol. The molecule has 0 bridgehead atoms. The van der Waals surface area contributed by atoms with Gasteiger partial charge in [-0.1, -0.05) is 41.9 Å². The largest absolute Gasteiger partial charge is 0.495 e. The summed E-state index contributed by atoms with van der Waals surface area (Å²) in [6, 6.07) is 18.5. The van der Waals surface area contributed by atoms with Crippen LogP contribution in [0.1, 0.15) is 11.1 Å². The van der Waals surface area contributed by atoms with Gasteiger partial charge in [0.25, 0.3) is 0 Å². The molecule has 0 spiro atoms. The van der Waals surface area contributed by atoms with Gasteiger partial charge < -0.3 is 19.5 Å². The van der Waals surface area contributed by atoms with Crippen LogP contribution in [0.4, 0.5) is 5.69 Å². The Hall–Kier alpha value is -2.96. The van der Waals surface area contributed by atoms with E-state index in [1.807, 2.05) is 36.4 Å². The van der Waals surface area contributed by atoms with Crippen LogP contribution in [0.15, 0.2) is 71.2 Å². The minimum atomic E-state index is -0.319. The summed E-state index contributed by atoms with van der Waals surface area (Å²) in [5.74, 6) is 1.36. The number of hydrogen-bond donors (Lipinski definition) is 1. The lowest BCUT2D eigenvalue weighted by molar-refractivity contribution is -0.111. The first-order valence-corrected chi connectivity index (χ1v) is 10.5. The number of anilines is 1. The molecule has 3 rings (SSSR count). The number of hydrogen-bond acceptors (Lipinski definition) is 4. The van der Waals surface area contributed by atoms with E-state index in [2.05, 4.69) is 21.2 Å². The maximum Gasteiger partial charge on any atom is 0.248 e. The Morgan fingerprint density at radius 1 is 1.03 bits per heavy atom. The number of amides is 1. The van der Waals surface area contributed by atoms with E-state index in [0.717, 1.165) is 15.6 Å². The first kappa shape index (κ1) is 22.7. The smallest absolute Gasteiger partial charge is 0.248 e. The number of carbonyl (C=O) groups excluding carboxylic acids is 1. The van der Waals surface area contributed by atoms with Gasteiger partial charge in [-0.3, -0.25) is 4.79 Å². The highest BCUT2D eigenvalue weighted by atomic mass is 79.9. The van der Waals surface area contributed by atoms with Crippen LogP contribution in [-0.4, -0.2) is 20.1 Å². The minimum absolute atomic E-state index is 0.319. The summed E-state index contributed by atoms with van der Waals surface area (Å²) < 4.78 is 17.4. The molecule has 0 aliphatic rings. The number of ether oxygens (including phenoxy) is 3. The van der Waals surface area contributed by atoms with Gasteiger partial charge in [0.15, 0.2) is 11.5 Å². The van der Waals surface area contributed by atoms with Crippen molar-refractivity contribution in [3.63, 3.8) is 0 Å². The average molecular weight is 503 g/mol. The van der Waals surface area contributed by atoms with Crippen LogP contribution in [0.5, 0.6) is 17.2 Å². The van der Waals surface area contributed by atoms with Crippen molar-refractivity contribution in [2.24, 2.45) is 0 Å². The Morgan fingerprint density at radius 3 is 2.48 bits per heavy atom. The molecule has 0 saturated heterocycles. The number of methoxy groups -OCH3 is 2. The topological polar surface area (TPSA) is 56.8 Å². The Morgan fingerprint density at radius 2 is 1.77 bits per heavy atom. The lowest BCUT2D eigenvalue weighted by Crippen LogP contribution is -2.08. The van der Waals surface area contributed by atoms with Crippen LogP contribution in [0.2, 0.25) is 5.02 Å². The molecular formula is C24H21BrClNO4. The number of nitrogens with one attached hydrogen (secondary N) is 1. The fourth-order valence-electron chi connectivity index (χ4n) is 2.83. The third kappa shape index (κ3) is 6.26. The van der Waals surface area contributed by atoms with E-state index in [0.29, 0.717) is 34.6 Å². The highest BCUT2D eigenvalue weighted by Gasteiger charge is 2.12. The number of benzene rings is 3. The van der Waals surface area contributed by atoms with Gasteiger partial charge in [0.1, 0.15) is 12.4 Å². The Kier molecular flexibility index (Phi) is 7.98. The van der Waals surface area contributed by atoms with Crippen LogP contribution in [0, 0.1) is 0 Å². The molecule has 7 heteroatoms. The van der Waals surface area contributed by atoms with E-state index in [9.17, 15) is 4.79 Å². The second-order valence-corrected chi connectivity index (χ2v) is 7.77. The summed E-state index contributed by atoms with van der Waals surface area (Å²) in [6.45, 7) is 0.412. The molecule has 3 aromatic carbocycles. The quantitative estimate of drug-likeness (QED) is 0.365. The van der Waals surface area contributed by atoms with Crippen molar-refractivity contribution in [1.29, 1.82) is 0 Å². The van der Waals surface area contributed by atoms with Crippen molar-refractivity contribution in [3.8, 4) is 17.2 Å². The zero-order valence-corrected chi connectivity index (χ0v) is 19.4. The second kappa shape index (κ2) is 10.9. The SMILES string of the molecule is COc1ccc(Cl)cc1NC(=O)/C=C/c1cc(Br)c(OCc2ccccc2)c(OC)c1. The van der Waals surface area contributed by atoms with Crippen LogP contribution in [-0.2, 0) is 11.4 Å². The van der Waals surface area contributed by atoms with Gasteiger partial charge in [0.05, 0.1) is 24.4 Å². The van der Waals surface area contributed by atoms with Gasteiger partial charge in [-0.2, -0.15) is 0 Å². The molecule has 0 aliphatic heterocycles. The van der Waals surface area contributed by atoms with Crippen molar-refractivity contribution < 1.29 is 19.0 Å². The molecule has 0 heterocycles. The lowest BCUT2D eigenvalue weighted by Gasteiger charge is -2.13. The summed E-state index contributed by atoms with van der Waals surface area (Å²) in [5, 5.41) is 3.26. The van der Waals surface area contributed by atoms with Crippen LogP contribution in [0.25, 0.3) is 6.08 Å². The van der Waals surface area contributed by atoms with E-state index < -0.39 is 0 Å². The Balaban J connectivity index is 1.72. The molecule has 0 aliphatic carbocycles. The molecule has 0 radical (unpaired) electrons. The van der Waals surface area contributed by atoms with E-state index in [1.54, 1.807) is 37.5 Å². The molecule has 0 unspecified atom stereocenters. The minimum Gasteiger partial charge on any atom is -0.495 e. The van der Waals surface area contributed by atoms with Gasteiger partial charge in [-0.25, -0.2) is 0 Å². The van der Waals surface area contributed by atoms with E-state index in [1.165, 1.54) is 13.2 Å². The van der Waals surface area contributed by atoms with E-state index >= 15 is 0 Å². The summed E-state index contributed by atoms with van der Waals surface area (Å²) in [7, 11) is 3.10. The van der Waals surface area contributed by atoms with Crippen molar-refractivity contribution in [2.45, 2.75) is 6.61 Å². The number of carbonyl (C=O) groups is 1. The Labute approximate surface area is 194 Å². The van der Waals surface area contributed by atoms with Crippen molar-refractivity contribution >= 4 is 45.2 Å².